The van der Waals surface area contributed by atoms with E-state index >= 15 is 0 Å². The van der Waals surface area contributed by atoms with Gasteiger partial charge in [-0.1, -0.05) is 60.5 Å². The number of nitrogens with one attached hydrogen (secondary N) is 2. The minimum absolute atomic E-state index is 0.0185. The zero-order chi connectivity index (χ0) is 39.9. The highest BCUT2D eigenvalue weighted by Gasteiger charge is 2.37. The van der Waals surface area contributed by atoms with Crippen molar-refractivity contribution in [3.8, 4) is 5.75 Å². The van der Waals surface area contributed by atoms with Crippen LogP contribution in [0.5, 0.6) is 5.75 Å². The Labute approximate surface area is 324 Å². The predicted molar refractivity (Wildman–Crippen MR) is 210 cm³/mol. The van der Waals surface area contributed by atoms with E-state index in [1.54, 1.807) is 35.4 Å². The minimum Gasteiger partial charge on any atom is -0.508 e. The highest BCUT2D eigenvalue weighted by atomic mass is 32.1. The molecule has 1 aromatic carbocycles. The van der Waals surface area contributed by atoms with E-state index in [4.69, 9.17) is 10.5 Å². The molecule has 3 rings (SSSR count). The van der Waals surface area contributed by atoms with Crippen LogP contribution in [0.25, 0.3) is 0 Å². The van der Waals surface area contributed by atoms with E-state index in [1.165, 1.54) is 11.3 Å². The van der Waals surface area contributed by atoms with Gasteiger partial charge in [0.15, 0.2) is 6.73 Å². The molecular weight excluding hydrogens is 709 g/mol. The first-order valence-corrected chi connectivity index (χ1v) is 20.3. The highest BCUT2D eigenvalue weighted by Crippen LogP contribution is 2.24. The second-order valence-corrected chi connectivity index (χ2v) is 16.0. The fourth-order valence-corrected chi connectivity index (χ4v) is 7.58. The number of esters is 1. The number of nitrogens with zero attached hydrogens (tertiary/aromatic N) is 3. The van der Waals surface area contributed by atoms with Gasteiger partial charge < -0.3 is 31.1 Å². The molecule has 1 aliphatic rings. The third kappa shape index (κ3) is 13.1. The average Bonchev–Trinajstić information content (AvgIpc) is 3.61. The lowest BCUT2D eigenvalue weighted by molar-refractivity contribution is -0.159. The van der Waals surface area contributed by atoms with Crippen molar-refractivity contribution in [1.29, 1.82) is 0 Å². The molecule has 1 aliphatic heterocycles. The van der Waals surface area contributed by atoms with Crippen molar-refractivity contribution >= 4 is 40.9 Å². The van der Waals surface area contributed by atoms with Crippen LogP contribution in [0.4, 0.5) is 0 Å². The van der Waals surface area contributed by atoms with Gasteiger partial charge in [0.1, 0.15) is 17.5 Å². The van der Waals surface area contributed by atoms with Crippen molar-refractivity contribution < 1.29 is 33.8 Å². The Morgan fingerprint density at radius 1 is 1.09 bits per heavy atom. The molecule has 1 saturated heterocycles. The number of primary amides is 1. The number of hydrogen-bond acceptors (Lipinski definition) is 10. The summed E-state index contributed by atoms with van der Waals surface area (Å²) in [7, 11) is 1.94. The van der Waals surface area contributed by atoms with Crippen LogP contribution < -0.4 is 16.4 Å². The van der Waals surface area contributed by atoms with Crippen LogP contribution in [0, 0.1) is 17.8 Å². The normalized spacial score (nSPS) is 16.9. The van der Waals surface area contributed by atoms with Gasteiger partial charge in [-0.15, -0.1) is 11.3 Å². The number of hydrogen-bond donors (Lipinski definition) is 4. The summed E-state index contributed by atoms with van der Waals surface area (Å²) in [6.45, 7) is 12.5. The van der Waals surface area contributed by atoms with Crippen LogP contribution in [0.3, 0.4) is 0 Å². The van der Waals surface area contributed by atoms with Crippen molar-refractivity contribution in [3.63, 3.8) is 0 Å². The van der Waals surface area contributed by atoms with Crippen LogP contribution >= 0.6 is 11.3 Å². The number of likely N-dealkylation sites (tertiary alicyclic amines) is 1. The Morgan fingerprint density at radius 3 is 2.48 bits per heavy atom. The minimum atomic E-state index is -0.789. The summed E-state index contributed by atoms with van der Waals surface area (Å²) < 4.78 is 5.64. The second kappa shape index (κ2) is 21.7. The fourth-order valence-electron chi connectivity index (χ4n) is 6.79. The van der Waals surface area contributed by atoms with Crippen molar-refractivity contribution in [2.75, 3.05) is 26.9 Å². The largest absolute Gasteiger partial charge is 0.508 e. The van der Waals surface area contributed by atoms with Gasteiger partial charge in [0.05, 0.1) is 11.0 Å². The highest BCUT2D eigenvalue weighted by molar-refractivity contribution is 7.09. The Kier molecular flexibility index (Phi) is 17.9. The van der Waals surface area contributed by atoms with Crippen LogP contribution in [-0.4, -0.2) is 94.5 Å². The van der Waals surface area contributed by atoms with E-state index < -0.39 is 17.9 Å². The Hall–Kier alpha value is -4.04. The van der Waals surface area contributed by atoms with Crippen molar-refractivity contribution in [1.82, 2.24) is 25.4 Å². The number of aromatic hydroxyl groups is 1. The van der Waals surface area contributed by atoms with E-state index in [0.29, 0.717) is 45.1 Å². The summed E-state index contributed by atoms with van der Waals surface area (Å²) in [5, 5.41) is 18.4. The number of rotatable bonds is 21. The van der Waals surface area contributed by atoms with Crippen molar-refractivity contribution in [3.05, 3.63) is 45.4 Å². The molecule has 14 heteroatoms. The number of benzene rings is 1. The number of piperidine rings is 1. The van der Waals surface area contributed by atoms with Crippen LogP contribution in [0.1, 0.15) is 113 Å². The number of phenolic OH excluding ortho intramolecular Hbond substituents is 1. The Balaban J connectivity index is 1.72. The molecule has 13 nitrogen and oxygen atoms in total. The third-order valence-electron chi connectivity index (χ3n) is 10.4. The molecule has 1 unspecified atom stereocenters. The smallest absolute Gasteiger partial charge is 0.307 e. The first-order chi connectivity index (χ1) is 25.7. The monoisotopic (exact) mass is 770 g/mol. The van der Waals surface area contributed by atoms with Crippen molar-refractivity contribution in [2.45, 2.75) is 124 Å². The molecule has 1 fully saturated rings. The number of nitrogens with two attached hydrogens (primary N) is 1. The second-order valence-electron chi connectivity index (χ2n) is 15.0. The maximum Gasteiger partial charge on any atom is 0.307 e. The summed E-state index contributed by atoms with van der Waals surface area (Å²) >= 11 is 1.37. The lowest BCUT2D eigenvalue weighted by Crippen LogP contribution is -2.59. The van der Waals surface area contributed by atoms with E-state index in [2.05, 4.69) is 15.6 Å². The summed E-state index contributed by atoms with van der Waals surface area (Å²) in [5.41, 5.74) is 7.44. The van der Waals surface area contributed by atoms with Crippen LogP contribution in [-0.2, 0) is 43.2 Å². The topological polar surface area (TPSA) is 184 Å². The molecule has 0 radical (unpaired) electrons. The average molecular weight is 771 g/mol. The summed E-state index contributed by atoms with van der Waals surface area (Å²) in [4.78, 5) is 73.5. The van der Waals surface area contributed by atoms with Gasteiger partial charge in [0.25, 0.3) is 5.91 Å². The fraction of sp³-hybridized carbons (Fsp3) is 0.650. The van der Waals surface area contributed by atoms with Gasteiger partial charge in [-0.05, 0) is 87.2 Å². The number of aryl methyl sites for hydroxylation is 1. The number of aromatic nitrogens is 1. The number of carbonyl (C=O) groups excluding carboxylic acids is 5. The molecule has 2 heterocycles. The van der Waals surface area contributed by atoms with Gasteiger partial charge in [-0.3, -0.25) is 28.9 Å². The standard InChI is InChI=1S/C40H62N6O7S/c1-8-12-35(48)53-24-46(40(52)36(26(5)9-2)44-39(51)33-13-10-11-20-45(33)7)32(25(3)4)16-17-34-43-31(23-54-34)38(50)42-19-18-28-14-15-30(47)22-29(28)21-27(6)37(41)49/h14-15,22-23,25-27,32-33,36,47H,8-13,16-21,24H2,1-7H3,(H2,41,49)(H,42,50)(H,44,51)/t26?,27-,32-,33-,36+/m1/s1. The van der Waals surface area contributed by atoms with Crippen LogP contribution in [0.15, 0.2) is 23.6 Å². The number of ether oxygens (including phenoxy) is 1. The molecule has 5 atom stereocenters. The van der Waals surface area contributed by atoms with E-state index in [1.807, 2.05) is 46.6 Å². The SMILES string of the molecule is CCCC(=O)OCN(C(=O)[C@@H](NC(=O)[C@H]1CCCCN1C)C(C)CC)[C@H](CCc1nc(C(=O)NCCc2ccc(O)cc2C[C@@H](C)C(N)=O)cs1)C(C)C. The molecule has 0 spiro atoms. The third-order valence-corrected chi connectivity index (χ3v) is 11.4. The number of amides is 4. The molecule has 4 amide bonds. The van der Waals surface area contributed by atoms with E-state index in [9.17, 15) is 29.1 Å². The molecule has 2 aromatic rings. The molecule has 0 aliphatic carbocycles. The van der Waals surface area contributed by atoms with E-state index in [0.717, 1.165) is 41.9 Å². The predicted octanol–water partition coefficient (Wildman–Crippen LogP) is 4.59. The van der Waals surface area contributed by atoms with Crippen LogP contribution in [0.2, 0.25) is 0 Å². The summed E-state index contributed by atoms with van der Waals surface area (Å²) in [5.74, 6) is -2.05. The molecule has 1 aromatic heterocycles. The Bertz CT molecular complexity index is 1560. The van der Waals surface area contributed by atoms with Gasteiger partial charge in [0.2, 0.25) is 17.7 Å². The summed E-state index contributed by atoms with van der Waals surface area (Å²) in [6.07, 6.45) is 6.11. The van der Waals surface area contributed by atoms with E-state index in [-0.39, 0.29) is 72.2 Å². The molecule has 0 saturated carbocycles. The number of thiazole rings is 1. The van der Waals surface area contributed by atoms with Gasteiger partial charge >= 0.3 is 5.97 Å². The number of carbonyl (C=O) groups is 5. The van der Waals surface area contributed by atoms with Crippen molar-refractivity contribution in [2.24, 2.45) is 23.5 Å². The number of likely N-dealkylation sites (N-methyl/N-ethyl adjacent to an activating group) is 1. The molecule has 0 bridgehead atoms. The van der Waals surface area contributed by atoms with Gasteiger partial charge in [0, 0.05) is 36.7 Å². The summed E-state index contributed by atoms with van der Waals surface area (Å²) in [6, 6.07) is 3.55. The Morgan fingerprint density at radius 2 is 1.83 bits per heavy atom. The van der Waals surface area contributed by atoms with Gasteiger partial charge in [-0.2, -0.15) is 0 Å². The molecule has 300 valence electrons. The first-order valence-electron chi connectivity index (χ1n) is 19.5. The molecule has 54 heavy (non-hydrogen) atoms. The quantitative estimate of drug-likeness (QED) is 0.104. The maximum atomic E-state index is 14.5. The zero-order valence-electron chi connectivity index (χ0n) is 33.2. The first kappa shape index (κ1) is 44.4. The lowest BCUT2D eigenvalue weighted by Gasteiger charge is -2.39. The van der Waals surface area contributed by atoms with Gasteiger partial charge in [-0.25, -0.2) is 4.98 Å². The maximum absolute atomic E-state index is 14.5. The molecule has 5 N–H and O–H groups in total. The zero-order valence-corrected chi connectivity index (χ0v) is 34.0. The number of phenols is 1. The lowest BCUT2D eigenvalue weighted by atomic mass is 9.93. The molecular formula is C40H62N6O7S.